The Morgan fingerprint density at radius 1 is 1.24 bits per heavy atom. The second-order valence-electron chi connectivity index (χ2n) is 6.26. The topological polar surface area (TPSA) is 30.5 Å². The van der Waals surface area contributed by atoms with E-state index < -0.39 is 0 Å². The van der Waals surface area contributed by atoms with E-state index in [0.29, 0.717) is 6.04 Å². The van der Waals surface area contributed by atoms with Crippen molar-refractivity contribution in [2.45, 2.75) is 45.1 Å². The van der Waals surface area contributed by atoms with Crippen LogP contribution in [0.5, 0.6) is 5.75 Å². The fourth-order valence-electron chi connectivity index (χ4n) is 3.39. The number of nitrogens with one attached hydrogen (secondary N) is 1. The van der Waals surface area contributed by atoms with Gasteiger partial charge in [0.05, 0.1) is 6.61 Å². The lowest BCUT2D eigenvalue weighted by atomic mass is 9.88. The van der Waals surface area contributed by atoms with Crippen LogP contribution in [0.4, 0.5) is 0 Å². The van der Waals surface area contributed by atoms with Gasteiger partial charge in [0, 0.05) is 25.7 Å². The molecule has 0 aliphatic carbocycles. The summed E-state index contributed by atoms with van der Waals surface area (Å²) < 4.78 is 11.1. The molecule has 1 fully saturated rings. The molecular formula is C18H27NO2. The van der Waals surface area contributed by atoms with Crippen molar-refractivity contribution >= 4 is 0 Å². The maximum absolute atomic E-state index is 5.63. The van der Waals surface area contributed by atoms with Gasteiger partial charge in [-0.05, 0) is 55.3 Å². The van der Waals surface area contributed by atoms with Crippen molar-refractivity contribution in [3.63, 3.8) is 0 Å². The molecule has 0 spiro atoms. The third kappa shape index (κ3) is 3.78. The van der Waals surface area contributed by atoms with Gasteiger partial charge >= 0.3 is 0 Å². The molecule has 3 heteroatoms. The molecule has 1 N–H and O–H groups in total. The summed E-state index contributed by atoms with van der Waals surface area (Å²) in [7, 11) is 0. The van der Waals surface area contributed by atoms with Crippen molar-refractivity contribution in [2.24, 2.45) is 5.92 Å². The van der Waals surface area contributed by atoms with E-state index >= 15 is 0 Å². The molecular weight excluding hydrogens is 262 g/mol. The van der Waals surface area contributed by atoms with Crippen LogP contribution in [0.15, 0.2) is 18.2 Å². The molecule has 0 bridgehead atoms. The third-order valence-corrected chi connectivity index (χ3v) is 4.67. The minimum atomic E-state index is 0.471. The number of rotatable bonds is 6. The Morgan fingerprint density at radius 2 is 2.10 bits per heavy atom. The zero-order chi connectivity index (χ0) is 14.5. The first-order chi connectivity index (χ1) is 10.4. The highest BCUT2D eigenvalue weighted by atomic mass is 16.5. The minimum absolute atomic E-state index is 0.471. The molecule has 0 aromatic heterocycles. The van der Waals surface area contributed by atoms with Gasteiger partial charge in [-0.2, -0.15) is 0 Å². The largest absolute Gasteiger partial charge is 0.493 e. The predicted octanol–water partition coefficient (Wildman–Crippen LogP) is 3.48. The van der Waals surface area contributed by atoms with Crippen molar-refractivity contribution < 1.29 is 9.47 Å². The Kier molecular flexibility index (Phi) is 5.15. The van der Waals surface area contributed by atoms with Crippen LogP contribution in [0.2, 0.25) is 0 Å². The summed E-state index contributed by atoms with van der Waals surface area (Å²) in [4.78, 5) is 0. The Hall–Kier alpha value is -1.06. The van der Waals surface area contributed by atoms with Gasteiger partial charge in [0.1, 0.15) is 5.75 Å². The Labute approximate surface area is 128 Å². The molecule has 2 heterocycles. The summed E-state index contributed by atoms with van der Waals surface area (Å²) in [5.74, 6) is 1.87. The van der Waals surface area contributed by atoms with E-state index in [1.54, 1.807) is 0 Å². The summed E-state index contributed by atoms with van der Waals surface area (Å²) in [5.41, 5.74) is 2.81. The lowest BCUT2D eigenvalue weighted by molar-refractivity contribution is 0.0605. The number of fused-ring (bicyclic) bond motifs is 1. The number of hydrogen-bond donors (Lipinski definition) is 1. The fourth-order valence-corrected chi connectivity index (χ4v) is 3.39. The van der Waals surface area contributed by atoms with E-state index in [1.165, 1.54) is 36.8 Å². The third-order valence-electron chi connectivity index (χ3n) is 4.67. The smallest absolute Gasteiger partial charge is 0.122 e. The summed E-state index contributed by atoms with van der Waals surface area (Å²) in [5, 5.41) is 3.74. The van der Waals surface area contributed by atoms with E-state index in [4.69, 9.17) is 9.47 Å². The van der Waals surface area contributed by atoms with Crippen molar-refractivity contribution in [3.05, 3.63) is 29.3 Å². The highest BCUT2D eigenvalue weighted by molar-refractivity contribution is 5.40. The molecule has 0 saturated carbocycles. The summed E-state index contributed by atoms with van der Waals surface area (Å²) in [6, 6.07) is 7.23. The standard InChI is InChI=1S/C18H27NO2/c1-2-8-19-17(12-14-5-9-20-10-6-14)15-3-4-18-16(13-15)7-11-21-18/h3-4,13-14,17,19H,2,5-12H2,1H3. The van der Waals surface area contributed by atoms with E-state index in [-0.39, 0.29) is 0 Å². The quantitative estimate of drug-likeness (QED) is 0.869. The first kappa shape index (κ1) is 14.9. The van der Waals surface area contributed by atoms with Crippen LogP contribution in [-0.4, -0.2) is 26.4 Å². The molecule has 2 aliphatic rings. The molecule has 3 nitrogen and oxygen atoms in total. The van der Waals surface area contributed by atoms with Crippen molar-refractivity contribution in [1.82, 2.24) is 5.32 Å². The van der Waals surface area contributed by atoms with Crippen LogP contribution in [0.1, 0.15) is 49.8 Å². The average molecular weight is 289 g/mol. The van der Waals surface area contributed by atoms with Crippen LogP contribution in [0, 0.1) is 5.92 Å². The van der Waals surface area contributed by atoms with Crippen LogP contribution in [0.25, 0.3) is 0 Å². The van der Waals surface area contributed by atoms with Crippen LogP contribution in [-0.2, 0) is 11.2 Å². The van der Waals surface area contributed by atoms with Gasteiger partial charge in [0.25, 0.3) is 0 Å². The minimum Gasteiger partial charge on any atom is -0.493 e. The molecule has 1 saturated heterocycles. The SMILES string of the molecule is CCCNC(CC1CCOCC1)c1ccc2c(c1)CCO2. The van der Waals surface area contributed by atoms with E-state index in [0.717, 1.165) is 44.5 Å². The lowest BCUT2D eigenvalue weighted by Crippen LogP contribution is -2.27. The van der Waals surface area contributed by atoms with Gasteiger partial charge in [-0.25, -0.2) is 0 Å². The monoisotopic (exact) mass is 289 g/mol. The van der Waals surface area contributed by atoms with E-state index in [2.05, 4.69) is 30.4 Å². The summed E-state index contributed by atoms with van der Waals surface area (Å²) in [6.07, 6.45) is 5.87. The molecule has 116 valence electrons. The Balaban J connectivity index is 1.71. The molecule has 0 radical (unpaired) electrons. The second-order valence-corrected chi connectivity index (χ2v) is 6.26. The van der Waals surface area contributed by atoms with Crippen LogP contribution >= 0.6 is 0 Å². The first-order valence-electron chi connectivity index (χ1n) is 8.43. The van der Waals surface area contributed by atoms with Gasteiger partial charge in [0.2, 0.25) is 0 Å². The zero-order valence-electron chi connectivity index (χ0n) is 13.1. The maximum Gasteiger partial charge on any atom is 0.122 e. The predicted molar refractivity (Wildman–Crippen MR) is 84.8 cm³/mol. The fraction of sp³-hybridized carbons (Fsp3) is 0.667. The maximum atomic E-state index is 5.63. The van der Waals surface area contributed by atoms with Gasteiger partial charge in [-0.1, -0.05) is 19.1 Å². The second kappa shape index (κ2) is 7.28. The highest BCUT2D eigenvalue weighted by Crippen LogP contribution is 2.32. The van der Waals surface area contributed by atoms with Crippen molar-refractivity contribution in [2.75, 3.05) is 26.4 Å². The van der Waals surface area contributed by atoms with E-state index in [9.17, 15) is 0 Å². The Morgan fingerprint density at radius 3 is 2.90 bits per heavy atom. The highest BCUT2D eigenvalue weighted by Gasteiger charge is 2.22. The lowest BCUT2D eigenvalue weighted by Gasteiger charge is -2.28. The van der Waals surface area contributed by atoms with Gasteiger partial charge < -0.3 is 14.8 Å². The number of hydrogen-bond acceptors (Lipinski definition) is 3. The van der Waals surface area contributed by atoms with Gasteiger partial charge in [-0.3, -0.25) is 0 Å². The molecule has 0 amide bonds. The molecule has 1 atom stereocenters. The molecule has 3 rings (SSSR count). The molecule has 1 unspecified atom stereocenters. The van der Waals surface area contributed by atoms with Crippen molar-refractivity contribution in [1.29, 1.82) is 0 Å². The first-order valence-corrected chi connectivity index (χ1v) is 8.43. The van der Waals surface area contributed by atoms with Gasteiger partial charge in [0.15, 0.2) is 0 Å². The average Bonchev–Trinajstić information content (AvgIpc) is 3.00. The van der Waals surface area contributed by atoms with Crippen molar-refractivity contribution in [3.8, 4) is 5.75 Å². The number of ether oxygens (including phenoxy) is 2. The summed E-state index contributed by atoms with van der Waals surface area (Å²) in [6.45, 7) is 6.02. The zero-order valence-corrected chi connectivity index (χ0v) is 13.1. The van der Waals surface area contributed by atoms with Gasteiger partial charge in [-0.15, -0.1) is 0 Å². The molecule has 1 aromatic carbocycles. The summed E-state index contributed by atoms with van der Waals surface area (Å²) >= 11 is 0. The van der Waals surface area contributed by atoms with Crippen LogP contribution in [0.3, 0.4) is 0 Å². The van der Waals surface area contributed by atoms with E-state index in [1.807, 2.05) is 0 Å². The van der Waals surface area contributed by atoms with Crippen LogP contribution < -0.4 is 10.1 Å². The molecule has 21 heavy (non-hydrogen) atoms. The number of benzene rings is 1. The normalized spacial score (nSPS) is 20.0. The Bertz CT molecular complexity index is 455. The molecule has 2 aliphatic heterocycles. The molecule has 1 aromatic rings.